The van der Waals surface area contributed by atoms with Crippen LogP contribution in [0.5, 0.6) is 0 Å². The van der Waals surface area contributed by atoms with Crippen LogP contribution in [0.2, 0.25) is 0 Å². The van der Waals surface area contributed by atoms with E-state index in [0.29, 0.717) is 6.54 Å². The zero-order chi connectivity index (χ0) is 13.9. The van der Waals surface area contributed by atoms with Gasteiger partial charge in [0, 0.05) is 19.0 Å². The molecular weight excluding hydrogens is 250 g/mol. The minimum Gasteiger partial charge on any atom is -0.469 e. The first-order valence-corrected chi connectivity index (χ1v) is 6.70. The van der Waals surface area contributed by atoms with Crippen molar-refractivity contribution < 1.29 is 9.53 Å². The van der Waals surface area contributed by atoms with Crippen LogP contribution in [0.3, 0.4) is 0 Å². The molecule has 0 saturated carbocycles. The van der Waals surface area contributed by atoms with E-state index in [9.17, 15) is 4.79 Å². The standard InChI is InChI=1S/C12H21N3O2S/c1-8(9(16)17-6)7-15(5)11-14-13-10(18-11)12(2,3)4/h8H,7H2,1-6H3/t8-/m1/s1. The van der Waals surface area contributed by atoms with E-state index in [-0.39, 0.29) is 17.3 Å². The number of carbonyl (C=O) groups excluding carboxylic acids is 1. The van der Waals surface area contributed by atoms with Gasteiger partial charge in [-0.3, -0.25) is 4.79 Å². The maximum absolute atomic E-state index is 11.4. The van der Waals surface area contributed by atoms with Gasteiger partial charge in [0.05, 0.1) is 13.0 Å². The van der Waals surface area contributed by atoms with Crippen molar-refractivity contribution in [2.75, 3.05) is 25.6 Å². The van der Waals surface area contributed by atoms with Crippen LogP contribution in [0.15, 0.2) is 0 Å². The number of hydrogen-bond acceptors (Lipinski definition) is 6. The van der Waals surface area contributed by atoms with Gasteiger partial charge < -0.3 is 9.64 Å². The summed E-state index contributed by atoms with van der Waals surface area (Å²) in [5, 5.41) is 10.2. The molecule has 0 radical (unpaired) electrons. The Bertz CT molecular complexity index is 412. The van der Waals surface area contributed by atoms with Crippen molar-refractivity contribution in [3.05, 3.63) is 5.01 Å². The summed E-state index contributed by atoms with van der Waals surface area (Å²) in [5.74, 6) is -0.385. The molecule has 18 heavy (non-hydrogen) atoms. The van der Waals surface area contributed by atoms with Crippen LogP contribution in [0, 0.1) is 5.92 Å². The van der Waals surface area contributed by atoms with Gasteiger partial charge in [-0.05, 0) is 0 Å². The van der Waals surface area contributed by atoms with E-state index >= 15 is 0 Å². The Morgan fingerprint density at radius 1 is 1.44 bits per heavy atom. The van der Waals surface area contributed by atoms with Crippen LogP contribution in [0.1, 0.15) is 32.7 Å². The fourth-order valence-electron chi connectivity index (χ4n) is 1.44. The Labute approximate surface area is 112 Å². The molecule has 0 aliphatic rings. The molecule has 1 rings (SSSR count). The molecule has 0 aliphatic heterocycles. The molecule has 0 unspecified atom stereocenters. The quantitative estimate of drug-likeness (QED) is 0.785. The average Bonchev–Trinajstić information content (AvgIpc) is 2.76. The Balaban J connectivity index is 2.70. The second-order valence-electron chi connectivity index (χ2n) is 5.44. The first-order valence-electron chi connectivity index (χ1n) is 5.88. The third kappa shape index (κ3) is 3.66. The summed E-state index contributed by atoms with van der Waals surface area (Å²) in [4.78, 5) is 13.3. The van der Waals surface area contributed by atoms with E-state index in [2.05, 4.69) is 31.0 Å². The Hall–Kier alpha value is -1.17. The zero-order valence-electron chi connectivity index (χ0n) is 11.9. The van der Waals surface area contributed by atoms with Crippen molar-refractivity contribution in [3.8, 4) is 0 Å². The topological polar surface area (TPSA) is 55.3 Å². The summed E-state index contributed by atoms with van der Waals surface area (Å²) < 4.78 is 4.71. The molecule has 0 fully saturated rings. The normalized spacial score (nSPS) is 13.2. The number of ether oxygens (including phenoxy) is 1. The summed E-state index contributed by atoms with van der Waals surface area (Å²) in [5.41, 5.74) is 0.00468. The van der Waals surface area contributed by atoms with Gasteiger partial charge >= 0.3 is 5.97 Å². The Morgan fingerprint density at radius 2 is 2.06 bits per heavy atom. The molecule has 1 heterocycles. The lowest BCUT2D eigenvalue weighted by Crippen LogP contribution is -2.29. The molecule has 6 heteroatoms. The van der Waals surface area contributed by atoms with Gasteiger partial charge in [0.25, 0.3) is 0 Å². The number of rotatable bonds is 4. The number of methoxy groups -OCH3 is 1. The highest BCUT2D eigenvalue weighted by Gasteiger charge is 2.22. The molecule has 0 aromatic carbocycles. The number of hydrogen-bond donors (Lipinski definition) is 0. The van der Waals surface area contributed by atoms with Crippen LogP contribution >= 0.6 is 11.3 Å². The van der Waals surface area contributed by atoms with Crippen LogP contribution in [-0.4, -0.2) is 36.9 Å². The van der Waals surface area contributed by atoms with Gasteiger partial charge in [0.2, 0.25) is 5.13 Å². The van der Waals surface area contributed by atoms with Crippen LogP contribution in [0.4, 0.5) is 5.13 Å². The van der Waals surface area contributed by atoms with Crippen LogP contribution in [-0.2, 0) is 14.9 Å². The molecule has 5 nitrogen and oxygen atoms in total. The highest BCUT2D eigenvalue weighted by molar-refractivity contribution is 7.15. The van der Waals surface area contributed by atoms with E-state index in [0.717, 1.165) is 10.1 Å². The third-order valence-corrected chi connectivity index (χ3v) is 4.00. The van der Waals surface area contributed by atoms with Gasteiger partial charge in [-0.15, -0.1) is 10.2 Å². The summed E-state index contributed by atoms with van der Waals surface area (Å²) in [6.07, 6.45) is 0. The van der Waals surface area contributed by atoms with Crippen molar-refractivity contribution in [1.29, 1.82) is 0 Å². The maximum Gasteiger partial charge on any atom is 0.310 e. The molecule has 0 amide bonds. The second kappa shape index (κ2) is 5.65. The van der Waals surface area contributed by atoms with Gasteiger partial charge in [-0.25, -0.2) is 0 Å². The highest BCUT2D eigenvalue weighted by atomic mass is 32.1. The van der Waals surface area contributed by atoms with Gasteiger partial charge in [0.15, 0.2) is 0 Å². The number of anilines is 1. The van der Waals surface area contributed by atoms with Crippen LogP contribution < -0.4 is 4.90 Å². The van der Waals surface area contributed by atoms with Crippen LogP contribution in [0.25, 0.3) is 0 Å². The van der Waals surface area contributed by atoms with Crippen molar-refractivity contribution in [2.45, 2.75) is 33.1 Å². The predicted octanol–water partition coefficient (Wildman–Crippen LogP) is 2.08. The molecule has 0 bridgehead atoms. The summed E-state index contributed by atoms with van der Waals surface area (Å²) in [7, 11) is 3.31. The lowest BCUT2D eigenvalue weighted by atomic mass is 9.98. The fourth-order valence-corrected chi connectivity index (χ4v) is 2.31. The second-order valence-corrected chi connectivity index (χ2v) is 6.40. The molecular formula is C12H21N3O2S. The van der Waals surface area contributed by atoms with Crippen molar-refractivity contribution in [3.63, 3.8) is 0 Å². The molecule has 102 valence electrons. The number of nitrogens with zero attached hydrogens (tertiary/aromatic N) is 3. The minimum absolute atomic E-state index is 0.00468. The molecule has 0 saturated heterocycles. The monoisotopic (exact) mass is 271 g/mol. The fraction of sp³-hybridized carbons (Fsp3) is 0.750. The lowest BCUT2D eigenvalue weighted by molar-refractivity contribution is -0.144. The molecule has 0 spiro atoms. The van der Waals surface area contributed by atoms with Crippen molar-refractivity contribution in [2.24, 2.45) is 5.92 Å². The van der Waals surface area contributed by atoms with Gasteiger partial charge in [0.1, 0.15) is 5.01 Å². The SMILES string of the molecule is COC(=O)[C@H](C)CN(C)c1nnc(C(C)(C)C)s1. The molecule has 0 N–H and O–H groups in total. The third-order valence-electron chi connectivity index (χ3n) is 2.53. The zero-order valence-corrected chi connectivity index (χ0v) is 12.7. The van der Waals surface area contributed by atoms with Crippen molar-refractivity contribution in [1.82, 2.24) is 10.2 Å². The first kappa shape index (κ1) is 14.9. The summed E-state index contributed by atoms with van der Waals surface area (Å²) in [6.45, 7) is 8.73. The smallest absolute Gasteiger partial charge is 0.310 e. The number of aromatic nitrogens is 2. The van der Waals surface area contributed by atoms with E-state index < -0.39 is 0 Å². The number of carbonyl (C=O) groups is 1. The molecule has 1 aromatic rings. The Kier molecular flexibility index (Phi) is 4.67. The summed E-state index contributed by atoms with van der Waals surface area (Å²) >= 11 is 1.56. The van der Waals surface area contributed by atoms with Gasteiger partial charge in [-0.2, -0.15) is 0 Å². The van der Waals surface area contributed by atoms with E-state index in [1.165, 1.54) is 7.11 Å². The Morgan fingerprint density at radius 3 is 2.50 bits per heavy atom. The van der Waals surface area contributed by atoms with Gasteiger partial charge in [-0.1, -0.05) is 39.0 Å². The number of esters is 1. The maximum atomic E-state index is 11.4. The predicted molar refractivity (Wildman–Crippen MR) is 73.1 cm³/mol. The minimum atomic E-state index is -0.206. The molecule has 1 aromatic heterocycles. The van der Waals surface area contributed by atoms with E-state index in [1.807, 2.05) is 18.9 Å². The van der Waals surface area contributed by atoms with E-state index in [1.54, 1.807) is 11.3 Å². The highest BCUT2D eigenvalue weighted by Crippen LogP contribution is 2.29. The summed E-state index contributed by atoms with van der Waals surface area (Å²) in [6, 6.07) is 0. The first-order chi connectivity index (χ1) is 8.25. The van der Waals surface area contributed by atoms with E-state index in [4.69, 9.17) is 4.74 Å². The molecule has 1 atom stereocenters. The largest absolute Gasteiger partial charge is 0.469 e. The molecule has 0 aliphatic carbocycles. The average molecular weight is 271 g/mol. The van der Waals surface area contributed by atoms with Crippen molar-refractivity contribution >= 4 is 22.4 Å². The lowest BCUT2D eigenvalue weighted by Gasteiger charge is -2.18.